The van der Waals surface area contributed by atoms with Crippen LogP contribution in [0.25, 0.3) is 11.0 Å². The van der Waals surface area contributed by atoms with Gasteiger partial charge in [0.25, 0.3) is 0 Å². The van der Waals surface area contributed by atoms with Gasteiger partial charge in [0, 0.05) is 24.2 Å². The molecule has 170 valence electrons. The van der Waals surface area contributed by atoms with Crippen LogP contribution in [0.3, 0.4) is 0 Å². The summed E-state index contributed by atoms with van der Waals surface area (Å²) in [4.78, 5) is 13.3. The first-order valence-electron chi connectivity index (χ1n) is 12.6. The summed E-state index contributed by atoms with van der Waals surface area (Å²) in [5.74, 6) is 1.10. The van der Waals surface area contributed by atoms with Crippen LogP contribution in [0.5, 0.6) is 0 Å². The van der Waals surface area contributed by atoms with E-state index in [1.54, 1.807) is 0 Å². The van der Waals surface area contributed by atoms with Crippen molar-refractivity contribution in [3.8, 4) is 0 Å². The first-order chi connectivity index (χ1) is 15.7. The van der Waals surface area contributed by atoms with Gasteiger partial charge in [-0.05, 0) is 81.7 Å². The number of benzene rings is 1. The number of aryl methyl sites for hydroxylation is 1. The van der Waals surface area contributed by atoms with Crippen molar-refractivity contribution in [2.45, 2.75) is 88.8 Å². The van der Waals surface area contributed by atoms with Gasteiger partial charge >= 0.3 is 0 Å². The lowest BCUT2D eigenvalue weighted by Crippen LogP contribution is -2.54. The van der Waals surface area contributed by atoms with E-state index in [4.69, 9.17) is 9.97 Å². The second kappa shape index (κ2) is 9.72. The van der Waals surface area contributed by atoms with E-state index in [2.05, 4.69) is 58.9 Å². The Morgan fingerprint density at radius 3 is 2.81 bits per heavy atom. The number of pyridine rings is 1. The summed E-state index contributed by atoms with van der Waals surface area (Å²) < 4.78 is 0. The van der Waals surface area contributed by atoms with Crippen molar-refractivity contribution in [1.82, 2.24) is 25.6 Å². The predicted molar refractivity (Wildman–Crippen MR) is 131 cm³/mol. The number of nitrogens with one attached hydrogen (secondary N) is 3. The second-order valence-corrected chi connectivity index (χ2v) is 9.88. The molecule has 0 saturated heterocycles. The summed E-state index contributed by atoms with van der Waals surface area (Å²) in [7, 11) is 0. The summed E-state index contributed by atoms with van der Waals surface area (Å²) in [6.07, 6.45) is 13.8. The molecule has 0 radical (unpaired) electrons. The Kier molecular flexibility index (Phi) is 6.56. The molecule has 32 heavy (non-hydrogen) atoms. The molecule has 0 aliphatic heterocycles. The Hall–Kier alpha value is -2.24. The number of nitrogens with zero attached hydrogens (tertiary/aromatic N) is 2. The topological polar surface area (TPSA) is 65.6 Å². The van der Waals surface area contributed by atoms with Crippen molar-refractivity contribution in [2.75, 3.05) is 6.54 Å². The number of rotatable bonds is 8. The molecule has 1 saturated carbocycles. The van der Waals surface area contributed by atoms with E-state index in [1.165, 1.54) is 62.6 Å². The van der Waals surface area contributed by atoms with E-state index in [9.17, 15) is 0 Å². The normalized spacial score (nSPS) is 25.7. The van der Waals surface area contributed by atoms with E-state index in [1.807, 2.05) is 6.20 Å². The molecule has 1 aromatic carbocycles. The van der Waals surface area contributed by atoms with Crippen LogP contribution in [0, 0.1) is 0 Å². The Morgan fingerprint density at radius 1 is 1.09 bits per heavy atom. The Balaban J connectivity index is 1.37. The minimum Gasteiger partial charge on any atom is -0.342 e. The number of unbranched alkanes of at least 4 members (excludes halogenated alkanes) is 1. The zero-order chi connectivity index (χ0) is 21.8. The number of imidazole rings is 1. The summed E-state index contributed by atoms with van der Waals surface area (Å²) in [6.45, 7) is 3.41. The maximum atomic E-state index is 4.94. The van der Waals surface area contributed by atoms with Gasteiger partial charge in [-0.25, -0.2) is 4.98 Å². The first kappa shape index (κ1) is 21.6. The van der Waals surface area contributed by atoms with E-state index in [0.29, 0.717) is 12.1 Å². The number of fused-ring (bicyclic) bond motifs is 2. The first-order valence-corrected chi connectivity index (χ1v) is 12.6. The largest absolute Gasteiger partial charge is 0.342 e. The minimum atomic E-state index is 0.0631. The third-order valence-corrected chi connectivity index (χ3v) is 7.53. The van der Waals surface area contributed by atoms with Crippen LogP contribution in [0.4, 0.5) is 0 Å². The molecule has 3 aromatic rings. The molecule has 5 heteroatoms. The van der Waals surface area contributed by atoms with Gasteiger partial charge in [-0.15, -0.1) is 0 Å². The second-order valence-electron chi connectivity index (χ2n) is 9.88. The Bertz CT molecular complexity index is 985. The van der Waals surface area contributed by atoms with Crippen molar-refractivity contribution < 1.29 is 0 Å². The molecule has 2 aliphatic rings. The van der Waals surface area contributed by atoms with E-state index in [0.717, 1.165) is 36.2 Å². The molecule has 0 spiro atoms. The summed E-state index contributed by atoms with van der Waals surface area (Å²) in [5.41, 5.74) is 4.96. The lowest BCUT2D eigenvalue weighted by Gasteiger charge is -2.44. The van der Waals surface area contributed by atoms with Gasteiger partial charge in [-0.3, -0.25) is 4.98 Å². The Labute approximate surface area is 191 Å². The monoisotopic (exact) mass is 431 g/mol. The summed E-state index contributed by atoms with van der Waals surface area (Å²) in [5, 5.41) is 7.96. The van der Waals surface area contributed by atoms with Crippen molar-refractivity contribution in [1.29, 1.82) is 0 Å². The van der Waals surface area contributed by atoms with Crippen molar-refractivity contribution in [3.05, 3.63) is 59.7 Å². The number of hydrogen-bond acceptors (Lipinski definition) is 4. The molecular formula is C27H37N5. The molecular weight excluding hydrogens is 394 g/mol. The third-order valence-electron chi connectivity index (χ3n) is 7.53. The van der Waals surface area contributed by atoms with Gasteiger partial charge in [0.1, 0.15) is 5.82 Å². The summed E-state index contributed by atoms with van der Waals surface area (Å²) >= 11 is 0. The molecule has 2 heterocycles. The highest BCUT2D eigenvalue weighted by Crippen LogP contribution is 2.37. The molecule has 5 rings (SSSR count). The van der Waals surface area contributed by atoms with Gasteiger partial charge < -0.3 is 15.6 Å². The van der Waals surface area contributed by atoms with Gasteiger partial charge in [-0.1, -0.05) is 31.5 Å². The van der Waals surface area contributed by atoms with Crippen molar-refractivity contribution >= 4 is 11.0 Å². The van der Waals surface area contributed by atoms with Crippen LogP contribution < -0.4 is 10.6 Å². The average molecular weight is 432 g/mol. The number of H-pyrrole nitrogens is 1. The Morgan fingerprint density at radius 2 is 1.97 bits per heavy atom. The van der Waals surface area contributed by atoms with Gasteiger partial charge in [0.2, 0.25) is 0 Å². The highest BCUT2D eigenvalue weighted by molar-refractivity contribution is 5.74. The molecule has 0 bridgehead atoms. The average Bonchev–Trinajstić information content (AvgIpc) is 3.23. The lowest BCUT2D eigenvalue weighted by atomic mass is 9.75. The van der Waals surface area contributed by atoms with Crippen molar-refractivity contribution in [2.24, 2.45) is 0 Å². The molecule has 3 N–H and O–H groups in total. The third kappa shape index (κ3) is 4.74. The zero-order valence-electron chi connectivity index (χ0n) is 19.4. The minimum absolute atomic E-state index is 0.0631. The summed E-state index contributed by atoms with van der Waals surface area (Å²) in [6, 6.07) is 13.7. The van der Waals surface area contributed by atoms with Crippen LogP contribution in [-0.2, 0) is 12.8 Å². The zero-order valence-corrected chi connectivity index (χ0v) is 19.4. The number of para-hydroxylation sites is 2. The van der Waals surface area contributed by atoms with E-state index < -0.39 is 0 Å². The van der Waals surface area contributed by atoms with E-state index >= 15 is 0 Å². The fourth-order valence-electron chi connectivity index (χ4n) is 5.76. The molecule has 2 aliphatic carbocycles. The highest BCUT2D eigenvalue weighted by Gasteiger charge is 2.39. The lowest BCUT2D eigenvalue weighted by molar-refractivity contribution is 0.170. The standard InChI is InChI=1S/C27H37N5/c1-2-3-17-28-21-13-15-27(16-14-21,19-25-30-22-10-4-5-11-23(22)31-25)32-24-12-6-8-20-9-7-18-29-26(20)24/h4-5,7,9-11,18,21,24,28,32H,2-3,6,8,12-17,19H2,1H3,(H,30,31)/t21-,24?,27-. The van der Waals surface area contributed by atoms with Crippen LogP contribution in [-0.4, -0.2) is 33.1 Å². The van der Waals surface area contributed by atoms with Crippen molar-refractivity contribution in [3.63, 3.8) is 0 Å². The maximum absolute atomic E-state index is 4.94. The molecule has 2 aromatic heterocycles. The number of aromatic amines is 1. The highest BCUT2D eigenvalue weighted by atomic mass is 15.1. The molecule has 1 atom stereocenters. The van der Waals surface area contributed by atoms with Crippen LogP contribution >= 0.6 is 0 Å². The van der Waals surface area contributed by atoms with Crippen LogP contribution in [0.15, 0.2) is 42.6 Å². The predicted octanol–water partition coefficient (Wildman–Crippen LogP) is 5.24. The van der Waals surface area contributed by atoms with Gasteiger partial charge in [-0.2, -0.15) is 0 Å². The fourth-order valence-corrected chi connectivity index (χ4v) is 5.76. The smallest absolute Gasteiger partial charge is 0.109 e. The molecule has 1 unspecified atom stereocenters. The number of aromatic nitrogens is 3. The maximum Gasteiger partial charge on any atom is 0.109 e. The quantitative estimate of drug-likeness (QED) is 0.427. The number of hydrogen-bond donors (Lipinski definition) is 3. The van der Waals surface area contributed by atoms with Gasteiger partial charge in [0.15, 0.2) is 0 Å². The van der Waals surface area contributed by atoms with Crippen LogP contribution in [0.1, 0.15) is 81.4 Å². The van der Waals surface area contributed by atoms with E-state index in [-0.39, 0.29) is 5.54 Å². The molecule has 5 nitrogen and oxygen atoms in total. The van der Waals surface area contributed by atoms with Gasteiger partial charge in [0.05, 0.1) is 22.8 Å². The van der Waals surface area contributed by atoms with Crippen LogP contribution in [0.2, 0.25) is 0 Å². The molecule has 0 amide bonds. The SMILES string of the molecule is CCCCN[C@H]1CC[C@](Cc2nc3ccccc3[nH]2)(NC2CCCc3cccnc32)CC1. The molecule has 1 fully saturated rings. The fraction of sp³-hybridized carbons (Fsp3) is 0.556.